The third kappa shape index (κ3) is 3.60. The number of aliphatic hydroxyl groups is 1. The molecule has 0 bridgehead atoms. The Morgan fingerprint density at radius 2 is 2.15 bits per heavy atom. The van der Waals surface area contributed by atoms with Gasteiger partial charge in [0.25, 0.3) is 5.91 Å². The molecule has 146 valence electrons. The molecule has 8 nitrogen and oxygen atoms in total. The van der Waals surface area contributed by atoms with Crippen molar-refractivity contribution in [3.63, 3.8) is 0 Å². The summed E-state index contributed by atoms with van der Waals surface area (Å²) in [6.07, 6.45) is -0.584. The first-order valence-electron chi connectivity index (χ1n) is 8.47. The van der Waals surface area contributed by atoms with E-state index >= 15 is 0 Å². The van der Waals surface area contributed by atoms with Crippen molar-refractivity contribution in [3.8, 4) is 11.5 Å². The van der Waals surface area contributed by atoms with Crippen molar-refractivity contribution in [2.75, 3.05) is 34.0 Å². The fraction of sp³-hybridized carbons (Fsp3) is 0.444. The Hall–Kier alpha value is -2.29. The van der Waals surface area contributed by atoms with E-state index in [2.05, 4.69) is 10.2 Å². The Kier molecular flexibility index (Phi) is 5.88. The summed E-state index contributed by atoms with van der Waals surface area (Å²) in [6.45, 7) is 2.16. The van der Waals surface area contributed by atoms with Crippen LogP contribution in [0, 0.1) is 6.92 Å². The molecule has 2 N–H and O–H groups in total. The largest absolute Gasteiger partial charge is 0.493 e. The number of benzene rings is 1. The molecule has 1 aliphatic heterocycles. The lowest BCUT2D eigenvalue weighted by atomic mass is 9.97. The minimum absolute atomic E-state index is 0.151. The van der Waals surface area contributed by atoms with Crippen molar-refractivity contribution in [2.45, 2.75) is 19.1 Å². The second-order valence-corrected chi connectivity index (χ2v) is 6.54. The van der Waals surface area contributed by atoms with Gasteiger partial charge in [0.1, 0.15) is 6.10 Å². The molecule has 2 heterocycles. The number of carbonyl (C=O) groups is 1. The number of aromatic nitrogens is 2. The van der Waals surface area contributed by atoms with E-state index in [9.17, 15) is 9.90 Å². The van der Waals surface area contributed by atoms with Crippen molar-refractivity contribution in [2.24, 2.45) is 0 Å². The van der Waals surface area contributed by atoms with Crippen LogP contribution in [0.1, 0.15) is 27.8 Å². The number of aromatic amines is 1. The molecule has 1 amide bonds. The third-order valence-corrected chi connectivity index (χ3v) is 5.08. The number of nitrogens with zero attached hydrogens (tertiary/aromatic N) is 2. The maximum atomic E-state index is 13.1. The van der Waals surface area contributed by atoms with Gasteiger partial charge in [-0.3, -0.25) is 9.89 Å². The number of halogens is 1. The van der Waals surface area contributed by atoms with Crippen LogP contribution in [-0.4, -0.2) is 66.2 Å². The van der Waals surface area contributed by atoms with Crippen molar-refractivity contribution in [1.29, 1.82) is 0 Å². The predicted octanol–water partition coefficient (Wildman–Crippen LogP) is 1.96. The number of hydrogen-bond donors (Lipinski definition) is 2. The summed E-state index contributed by atoms with van der Waals surface area (Å²) < 4.78 is 16.3. The molecule has 1 saturated heterocycles. The van der Waals surface area contributed by atoms with Crippen LogP contribution in [0.25, 0.3) is 0 Å². The molecule has 1 fully saturated rings. The fourth-order valence-corrected chi connectivity index (χ4v) is 3.40. The molecule has 0 radical (unpaired) electrons. The highest BCUT2D eigenvalue weighted by atomic mass is 35.5. The minimum Gasteiger partial charge on any atom is -0.493 e. The van der Waals surface area contributed by atoms with Crippen molar-refractivity contribution in [1.82, 2.24) is 15.1 Å². The van der Waals surface area contributed by atoms with Gasteiger partial charge in [-0.15, -0.1) is 0 Å². The molecular formula is C18H22ClN3O5. The van der Waals surface area contributed by atoms with E-state index in [0.717, 1.165) is 5.56 Å². The number of ether oxygens (including phenoxy) is 3. The lowest BCUT2D eigenvalue weighted by Crippen LogP contribution is -2.49. The minimum atomic E-state index is -0.584. The average Bonchev–Trinajstić information content (AvgIpc) is 3.04. The second kappa shape index (κ2) is 8.16. The molecule has 0 aliphatic carbocycles. The van der Waals surface area contributed by atoms with Crippen molar-refractivity contribution >= 4 is 17.5 Å². The molecule has 9 heteroatoms. The summed E-state index contributed by atoms with van der Waals surface area (Å²) in [5, 5.41) is 16.9. The number of H-pyrrole nitrogens is 1. The number of rotatable bonds is 5. The summed E-state index contributed by atoms with van der Waals surface area (Å²) in [5.41, 5.74) is 1.52. The number of nitrogens with one attached hydrogen (secondary N) is 1. The predicted molar refractivity (Wildman–Crippen MR) is 98.5 cm³/mol. The molecule has 0 unspecified atom stereocenters. The molecule has 3 rings (SSSR count). The smallest absolute Gasteiger partial charge is 0.276 e. The van der Waals surface area contributed by atoms with Gasteiger partial charge in [-0.05, 0) is 24.6 Å². The zero-order valence-corrected chi connectivity index (χ0v) is 16.1. The average molecular weight is 396 g/mol. The molecular weight excluding hydrogens is 374 g/mol. The second-order valence-electron chi connectivity index (χ2n) is 6.16. The van der Waals surface area contributed by atoms with Crippen LogP contribution in [0.3, 0.4) is 0 Å². The Labute approximate surface area is 162 Å². The molecule has 2 atom stereocenters. The summed E-state index contributed by atoms with van der Waals surface area (Å²) in [6, 6.07) is 4.83. The van der Waals surface area contributed by atoms with Gasteiger partial charge >= 0.3 is 0 Å². The van der Waals surface area contributed by atoms with Gasteiger partial charge in [-0.1, -0.05) is 17.7 Å². The Morgan fingerprint density at radius 3 is 2.74 bits per heavy atom. The van der Waals surface area contributed by atoms with Gasteiger partial charge in [0.05, 0.1) is 44.2 Å². The van der Waals surface area contributed by atoms with E-state index in [0.29, 0.717) is 30.3 Å². The normalized spacial score (nSPS) is 19.8. The highest BCUT2D eigenvalue weighted by Crippen LogP contribution is 2.36. The molecule has 27 heavy (non-hydrogen) atoms. The van der Waals surface area contributed by atoms with Crippen LogP contribution in [0.5, 0.6) is 11.5 Å². The number of amides is 1. The van der Waals surface area contributed by atoms with Gasteiger partial charge in [0.15, 0.2) is 17.2 Å². The van der Waals surface area contributed by atoms with Crippen molar-refractivity contribution < 1.29 is 24.1 Å². The lowest BCUT2D eigenvalue weighted by molar-refractivity contribution is -0.0813. The lowest BCUT2D eigenvalue weighted by Gasteiger charge is -2.40. The standard InChI is InChI=1S/C18H22ClN3O5/c1-10-15(19)16(21-20-10)18(24)22-6-7-27-14(9-23)17(22)11-4-5-12(25-2)13(8-11)26-3/h4-5,8,14,17,23H,6-7,9H2,1-3H3,(H,20,21)/t14-,17-/m1/s1. The molecule has 2 aromatic rings. The maximum Gasteiger partial charge on any atom is 0.276 e. The first-order valence-corrected chi connectivity index (χ1v) is 8.85. The van der Waals surface area contributed by atoms with Gasteiger partial charge in [-0.2, -0.15) is 5.10 Å². The number of carbonyl (C=O) groups excluding carboxylic acids is 1. The van der Waals surface area contributed by atoms with Gasteiger partial charge < -0.3 is 24.2 Å². The number of aliphatic hydroxyl groups excluding tert-OH is 1. The van der Waals surface area contributed by atoms with Crippen molar-refractivity contribution in [3.05, 3.63) is 40.2 Å². The summed E-state index contributed by atoms with van der Waals surface area (Å²) in [5.74, 6) is 0.770. The van der Waals surface area contributed by atoms with E-state index in [1.807, 2.05) is 6.07 Å². The summed E-state index contributed by atoms with van der Waals surface area (Å²) >= 11 is 6.22. The molecule has 0 saturated carbocycles. The first-order chi connectivity index (χ1) is 13.0. The fourth-order valence-electron chi connectivity index (χ4n) is 3.24. The molecule has 1 aliphatic rings. The van der Waals surface area contributed by atoms with Gasteiger partial charge in [-0.25, -0.2) is 0 Å². The maximum absolute atomic E-state index is 13.1. The Morgan fingerprint density at radius 1 is 1.41 bits per heavy atom. The quantitative estimate of drug-likeness (QED) is 0.803. The molecule has 1 aromatic carbocycles. The van der Waals surface area contributed by atoms with E-state index in [-0.39, 0.29) is 23.2 Å². The van der Waals surface area contributed by atoms with Crippen LogP contribution in [0.15, 0.2) is 18.2 Å². The Balaban J connectivity index is 2.02. The number of morpholine rings is 1. The Bertz CT molecular complexity index is 825. The highest BCUT2D eigenvalue weighted by Gasteiger charge is 2.38. The first kappa shape index (κ1) is 19.5. The summed E-state index contributed by atoms with van der Waals surface area (Å²) in [7, 11) is 3.09. The number of hydrogen-bond acceptors (Lipinski definition) is 6. The monoisotopic (exact) mass is 395 g/mol. The van der Waals surface area contributed by atoms with Crippen LogP contribution in [-0.2, 0) is 4.74 Å². The number of aryl methyl sites for hydroxylation is 1. The van der Waals surface area contributed by atoms with E-state index in [4.69, 9.17) is 25.8 Å². The topological polar surface area (TPSA) is 96.9 Å². The van der Waals surface area contributed by atoms with Gasteiger partial charge in [0.2, 0.25) is 0 Å². The van der Waals surface area contributed by atoms with Crippen LogP contribution >= 0.6 is 11.6 Å². The number of methoxy groups -OCH3 is 2. The molecule has 1 aromatic heterocycles. The van der Waals surface area contributed by atoms with E-state index in [1.165, 1.54) is 7.11 Å². The summed E-state index contributed by atoms with van der Waals surface area (Å²) in [4.78, 5) is 14.7. The van der Waals surface area contributed by atoms with Crippen LogP contribution in [0.4, 0.5) is 0 Å². The zero-order chi connectivity index (χ0) is 19.6. The molecule has 0 spiro atoms. The zero-order valence-electron chi connectivity index (χ0n) is 15.4. The van der Waals surface area contributed by atoms with E-state index < -0.39 is 12.1 Å². The highest BCUT2D eigenvalue weighted by molar-refractivity contribution is 6.34. The van der Waals surface area contributed by atoms with Crippen LogP contribution in [0.2, 0.25) is 5.02 Å². The van der Waals surface area contributed by atoms with E-state index in [1.54, 1.807) is 31.1 Å². The third-order valence-electron chi connectivity index (χ3n) is 4.62. The van der Waals surface area contributed by atoms with Gasteiger partial charge in [0, 0.05) is 6.54 Å². The van der Waals surface area contributed by atoms with Crippen LogP contribution < -0.4 is 9.47 Å². The SMILES string of the molecule is COc1ccc([C@@H]2[C@@H](CO)OCCN2C(=O)c2n[nH]c(C)c2Cl)cc1OC.